The van der Waals surface area contributed by atoms with Crippen molar-refractivity contribution in [2.24, 2.45) is 5.92 Å². The Labute approximate surface area is 164 Å². The molecule has 27 heavy (non-hydrogen) atoms. The number of phenolic OH excluding ortho intramolecular Hbond substituents is 2. The summed E-state index contributed by atoms with van der Waals surface area (Å²) in [5.41, 5.74) is 3.46. The Balaban J connectivity index is 2.35. The number of aromatic hydroxyl groups is 2. The molecule has 3 nitrogen and oxygen atoms in total. The van der Waals surface area contributed by atoms with Crippen LogP contribution < -0.4 is 0 Å². The third kappa shape index (κ3) is 5.28. The number of nitriles is 1. The van der Waals surface area contributed by atoms with Gasteiger partial charge in [0.1, 0.15) is 11.5 Å². The van der Waals surface area contributed by atoms with Gasteiger partial charge in [0.2, 0.25) is 0 Å². The number of unbranched alkanes of at least 4 members (excludes halogenated alkanes) is 3. The minimum Gasteiger partial charge on any atom is -0.507 e. The lowest BCUT2D eigenvalue weighted by Crippen LogP contribution is -2.17. The van der Waals surface area contributed by atoms with Crippen molar-refractivity contribution in [1.29, 1.82) is 5.26 Å². The van der Waals surface area contributed by atoms with Gasteiger partial charge >= 0.3 is 0 Å². The average Bonchev–Trinajstić information content (AvgIpc) is 2.60. The van der Waals surface area contributed by atoms with Gasteiger partial charge in [-0.2, -0.15) is 5.26 Å². The first kappa shape index (κ1) is 21.4. The van der Waals surface area contributed by atoms with Crippen LogP contribution in [0.2, 0.25) is 0 Å². The van der Waals surface area contributed by atoms with Gasteiger partial charge < -0.3 is 10.2 Å². The van der Waals surface area contributed by atoms with E-state index >= 15 is 0 Å². The summed E-state index contributed by atoms with van der Waals surface area (Å²) >= 11 is 0. The smallest absolute Gasteiger partial charge is 0.127 e. The second-order valence-corrected chi connectivity index (χ2v) is 8.85. The summed E-state index contributed by atoms with van der Waals surface area (Å²) in [5, 5.41) is 30.7. The topological polar surface area (TPSA) is 64.2 Å². The van der Waals surface area contributed by atoms with E-state index in [0.29, 0.717) is 17.9 Å². The molecule has 0 aliphatic heterocycles. The van der Waals surface area contributed by atoms with Gasteiger partial charge in [-0.15, -0.1) is 0 Å². The first-order valence-electron chi connectivity index (χ1n) is 10.4. The molecule has 1 aliphatic rings. The molecule has 0 radical (unpaired) electrons. The number of nitrogens with zero attached hydrogens (tertiary/aromatic N) is 1. The van der Waals surface area contributed by atoms with Crippen molar-refractivity contribution in [1.82, 2.24) is 0 Å². The number of hydrogen-bond donors (Lipinski definition) is 2. The van der Waals surface area contributed by atoms with E-state index in [0.717, 1.165) is 48.8 Å². The maximum Gasteiger partial charge on any atom is 0.127 e. The predicted molar refractivity (Wildman–Crippen MR) is 112 cm³/mol. The summed E-state index contributed by atoms with van der Waals surface area (Å²) in [4.78, 5) is 0. The molecule has 2 rings (SSSR count). The number of benzene rings is 1. The van der Waals surface area contributed by atoms with Crippen molar-refractivity contribution in [2.45, 2.75) is 90.9 Å². The molecule has 0 saturated heterocycles. The molecule has 0 bridgehead atoms. The molecule has 0 amide bonds. The summed E-state index contributed by atoms with van der Waals surface area (Å²) in [5.74, 6) is 0.785. The predicted octanol–water partition coefficient (Wildman–Crippen LogP) is 6.83. The van der Waals surface area contributed by atoms with Crippen molar-refractivity contribution < 1.29 is 10.2 Å². The van der Waals surface area contributed by atoms with Crippen molar-refractivity contribution in [3.8, 4) is 17.6 Å². The number of allylic oxidation sites excluding steroid dienone is 2. The Hall–Kier alpha value is -1.95. The van der Waals surface area contributed by atoms with E-state index in [1.807, 2.05) is 12.1 Å². The van der Waals surface area contributed by atoms with Gasteiger partial charge in [-0.3, -0.25) is 0 Å². The molecule has 1 unspecified atom stereocenters. The quantitative estimate of drug-likeness (QED) is 0.493. The van der Waals surface area contributed by atoms with Crippen LogP contribution >= 0.6 is 0 Å². The third-order valence-corrected chi connectivity index (χ3v) is 6.05. The fraction of sp³-hybridized carbons (Fsp3) is 0.625. The number of phenols is 2. The second-order valence-electron chi connectivity index (χ2n) is 8.85. The van der Waals surface area contributed by atoms with E-state index in [2.05, 4.69) is 33.8 Å². The molecule has 148 valence electrons. The molecule has 0 spiro atoms. The first-order valence-corrected chi connectivity index (χ1v) is 10.4. The fourth-order valence-electron chi connectivity index (χ4n) is 4.19. The van der Waals surface area contributed by atoms with Gasteiger partial charge in [-0.25, -0.2) is 0 Å². The molecule has 1 atom stereocenters. The van der Waals surface area contributed by atoms with Crippen molar-refractivity contribution >= 4 is 5.57 Å². The lowest BCUT2D eigenvalue weighted by molar-refractivity contribution is 0.420. The van der Waals surface area contributed by atoms with E-state index in [1.165, 1.54) is 19.3 Å². The maximum absolute atomic E-state index is 10.8. The number of hydrogen-bond acceptors (Lipinski definition) is 3. The monoisotopic (exact) mass is 369 g/mol. The maximum atomic E-state index is 10.8. The normalized spacial score (nSPS) is 17.8. The van der Waals surface area contributed by atoms with Gasteiger partial charge in [-0.05, 0) is 60.3 Å². The fourth-order valence-corrected chi connectivity index (χ4v) is 4.19. The van der Waals surface area contributed by atoms with Crippen molar-refractivity contribution in [3.05, 3.63) is 28.8 Å². The van der Waals surface area contributed by atoms with Crippen LogP contribution in [-0.4, -0.2) is 10.2 Å². The minimum absolute atomic E-state index is 0.0923. The Kier molecular flexibility index (Phi) is 7.36. The van der Waals surface area contributed by atoms with Crippen LogP contribution in [0, 0.1) is 17.2 Å². The highest BCUT2D eigenvalue weighted by atomic mass is 16.3. The molecule has 1 aromatic rings. The van der Waals surface area contributed by atoms with E-state index in [9.17, 15) is 10.2 Å². The van der Waals surface area contributed by atoms with Crippen molar-refractivity contribution in [2.75, 3.05) is 0 Å². The molecular formula is C24H35NO2. The van der Waals surface area contributed by atoms with Crippen molar-refractivity contribution in [3.63, 3.8) is 0 Å². The molecular weight excluding hydrogens is 334 g/mol. The van der Waals surface area contributed by atoms with Crippen LogP contribution in [0.5, 0.6) is 11.5 Å². The Bertz CT molecular complexity index is 701. The van der Waals surface area contributed by atoms with Gasteiger partial charge in [0.05, 0.1) is 18.1 Å². The summed E-state index contributed by atoms with van der Waals surface area (Å²) in [6.45, 7) is 8.75. The van der Waals surface area contributed by atoms with Gasteiger partial charge in [0, 0.05) is 0 Å². The van der Waals surface area contributed by atoms with Crippen LogP contribution in [-0.2, 0) is 5.41 Å². The average molecular weight is 370 g/mol. The first-order chi connectivity index (χ1) is 12.8. The van der Waals surface area contributed by atoms with Gasteiger partial charge in [0.15, 0.2) is 0 Å². The lowest BCUT2D eigenvalue weighted by atomic mass is 9.77. The van der Waals surface area contributed by atoms with E-state index in [-0.39, 0.29) is 16.9 Å². The summed E-state index contributed by atoms with van der Waals surface area (Å²) in [7, 11) is 0. The zero-order chi connectivity index (χ0) is 20.0. The van der Waals surface area contributed by atoms with E-state index in [4.69, 9.17) is 5.26 Å². The Morgan fingerprint density at radius 3 is 2.41 bits per heavy atom. The molecule has 0 aromatic heterocycles. The highest BCUT2D eigenvalue weighted by molar-refractivity contribution is 5.78. The highest BCUT2D eigenvalue weighted by Gasteiger charge is 2.27. The zero-order valence-electron chi connectivity index (χ0n) is 17.4. The molecule has 0 fully saturated rings. The Morgan fingerprint density at radius 1 is 1.15 bits per heavy atom. The molecule has 3 heteroatoms. The van der Waals surface area contributed by atoms with E-state index < -0.39 is 0 Å². The van der Waals surface area contributed by atoms with Crippen LogP contribution in [0.25, 0.3) is 5.57 Å². The number of rotatable bonds is 8. The standard InChI is InChI=1S/C24H35NO2/c1-5-6-7-8-12-24(3,4)19-15-21(26)23(22(27)16-19)20-14-17(2)9-10-18(20)11-13-25/h15-17,26-27H,5-12,14H2,1-4H3. The largest absolute Gasteiger partial charge is 0.507 e. The molecule has 1 aromatic carbocycles. The molecule has 0 saturated carbocycles. The second kappa shape index (κ2) is 9.31. The summed E-state index contributed by atoms with van der Waals surface area (Å²) < 4.78 is 0. The zero-order valence-corrected chi connectivity index (χ0v) is 17.4. The minimum atomic E-state index is -0.0923. The molecule has 2 N–H and O–H groups in total. The van der Waals surface area contributed by atoms with Crippen LogP contribution in [0.1, 0.15) is 96.6 Å². The summed E-state index contributed by atoms with van der Waals surface area (Å²) in [6, 6.07) is 5.89. The summed E-state index contributed by atoms with van der Waals surface area (Å²) in [6.07, 6.45) is 8.97. The van der Waals surface area contributed by atoms with Gasteiger partial charge in [0.25, 0.3) is 0 Å². The Morgan fingerprint density at radius 2 is 1.81 bits per heavy atom. The molecule has 0 heterocycles. The van der Waals surface area contributed by atoms with E-state index in [1.54, 1.807) is 0 Å². The highest BCUT2D eigenvalue weighted by Crippen LogP contribution is 2.46. The van der Waals surface area contributed by atoms with Crippen LogP contribution in [0.3, 0.4) is 0 Å². The van der Waals surface area contributed by atoms with Crippen LogP contribution in [0.4, 0.5) is 0 Å². The third-order valence-electron chi connectivity index (χ3n) is 6.05. The molecule has 1 aliphatic carbocycles. The van der Waals surface area contributed by atoms with Gasteiger partial charge in [-0.1, -0.05) is 59.0 Å². The lowest BCUT2D eigenvalue weighted by Gasteiger charge is -2.28. The SMILES string of the molecule is CCCCCCC(C)(C)c1cc(O)c(C2=C(CC#N)CCC(C)C2)c(O)c1. The van der Waals surface area contributed by atoms with Crippen LogP contribution in [0.15, 0.2) is 17.7 Å².